The molecule has 1 atom stereocenters. The first-order chi connectivity index (χ1) is 7.25. The number of carbonyl (C=O) groups is 1. The highest BCUT2D eigenvalue weighted by molar-refractivity contribution is 5.83. The van der Waals surface area contributed by atoms with Crippen LogP contribution in [0.4, 0.5) is 0 Å². The van der Waals surface area contributed by atoms with Gasteiger partial charge in [-0.3, -0.25) is 4.79 Å². The van der Waals surface area contributed by atoms with Crippen LogP contribution in [0.5, 0.6) is 0 Å². The van der Waals surface area contributed by atoms with Crippen molar-refractivity contribution in [2.45, 2.75) is 71.6 Å². The molecule has 1 aliphatic carbocycles. The highest BCUT2D eigenvalue weighted by Crippen LogP contribution is 2.26. The van der Waals surface area contributed by atoms with Gasteiger partial charge in [0.05, 0.1) is 0 Å². The topological polar surface area (TPSA) is 17.1 Å². The number of rotatable bonds is 4. The third-order valence-electron chi connectivity index (χ3n) is 3.71. The zero-order valence-electron chi connectivity index (χ0n) is 10.4. The van der Waals surface area contributed by atoms with E-state index in [0.717, 1.165) is 25.7 Å². The summed E-state index contributed by atoms with van der Waals surface area (Å²) in [6, 6.07) is 0. The van der Waals surface area contributed by atoms with Crippen LogP contribution in [0.25, 0.3) is 0 Å². The van der Waals surface area contributed by atoms with Crippen molar-refractivity contribution in [2.75, 3.05) is 0 Å². The van der Waals surface area contributed by atoms with E-state index in [1.807, 2.05) is 0 Å². The largest absolute Gasteiger partial charge is 0.299 e. The fraction of sp³-hybridized carbons (Fsp3) is 0.929. The lowest BCUT2D eigenvalue weighted by Crippen LogP contribution is -2.22. The third kappa shape index (κ3) is 4.36. The van der Waals surface area contributed by atoms with Crippen LogP contribution in [0.2, 0.25) is 0 Å². The summed E-state index contributed by atoms with van der Waals surface area (Å²) in [5.41, 5.74) is 0. The van der Waals surface area contributed by atoms with E-state index >= 15 is 0 Å². The maximum atomic E-state index is 12.2. The number of hydrogen-bond acceptors (Lipinski definition) is 1. The van der Waals surface area contributed by atoms with Crippen LogP contribution in [0.15, 0.2) is 0 Å². The lowest BCUT2D eigenvalue weighted by Gasteiger charge is -2.21. The first kappa shape index (κ1) is 12.7. The molecule has 0 radical (unpaired) electrons. The van der Waals surface area contributed by atoms with Crippen molar-refractivity contribution in [3.8, 4) is 0 Å². The Kier molecular flexibility index (Phi) is 5.97. The zero-order chi connectivity index (χ0) is 11.1. The van der Waals surface area contributed by atoms with Crippen molar-refractivity contribution in [1.29, 1.82) is 0 Å². The zero-order valence-corrected chi connectivity index (χ0v) is 10.4. The van der Waals surface area contributed by atoms with Crippen molar-refractivity contribution in [3.63, 3.8) is 0 Å². The number of ketones is 1. The maximum Gasteiger partial charge on any atom is 0.138 e. The van der Waals surface area contributed by atoms with E-state index in [-0.39, 0.29) is 0 Å². The Balaban J connectivity index is 2.40. The first-order valence-corrected chi connectivity index (χ1v) is 6.79. The van der Waals surface area contributed by atoms with E-state index in [4.69, 9.17) is 0 Å². The molecule has 0 amide bonds. The quantitative estimate of drug-likeness (QED) is 0.674. The van der Waals surface area contributed by atoms with E-state index in [0.29, 0.717) is 17.6 Å². The number of carbonyl (C=O) groups excluding carboxylic acids is 1. The Hall–Kier alpha value is -0.330. The van der Waals surface area contributed by atoms with Crippen molar-refractivity contribution in [1.82, 2.24) is 0 Å². The molecule has 1 aliphatic rings. The highest BCUT2D eigenvalue weighted by Gasteiger charge is 2.23. The summed E-state index contributed by atoms with van der Waals surface area (Å²) in [5.74, 6) is 1.25. The van der Waals surface area contributed by atoms with Gasteiger partial charge in [0.2, 0.25) is 0 Å². The fourth-order valence-corrected chi connectivity index (χ4v) is 2.72. The minimum atomic E-state index is 0.305. The summed E-state index contributed by atoms with van der Waals surface area (Å²) < 4.78 is 0. The van der Waals surface area contributed by atoms with Gasteiger partial charge in [-0.15, -0.1) is 0 Å². The van der Waals surface area contributed by atoms with Crippen molar-refractivity contribution >= 4 is 5.78 Å². The Labute approximate surface area is 94.6 Å². The van der Waals surface area contributed by atoms with Gasteiger partial charge in [0.1, 0.15) is 5.78 Å². The highest BCUT2D eigenvalue weighted by atomic mass is 16.1. The van der Waals surface area contributed by atoms with Gasteiger partial charge in [0.25, 0.3) is 0 Å². The van der Waals surface area contributed by atoms with Gasteiger partial charge in [-0.25, -0.2) is 0 Å². The molecule has 1 nitrogen and oxygen atoms in total. The monoisotopic (exact) mass is 210 g/mol. The Morgan fingerprint density at radius 1 is 1.13 bits per heavy atom. The van der Waals surface area contributed by atoms with Gasteiger partial charge in [-0.1, -0.05) is 52.4 Å². The van der Waals surface area contributed by atoms with Crippen LogP contribution < -0.4 is 0 Å². The second-order valence-electron chi connectivity index (χ2n) is 5.13. The number of Topliss-reactive ketones (excluding diaryl/α,β-unsaturated/α-hetero) is 1. The van der Waals surface area contributed by atoms with Crippen LogP contribution >= 0.6 is 0 Å². The molecule has 15 heavy (non-hydrogen) atoms. The molecular weight excluding hydrogens is 184 g/mol. The predicted octanol–water partition coefficient (Wildman–Crippen LogP) is 4.35. The van der Waals surface area contributed by atoms with E-state index in [2.05, 4.69) is 13.8 Å². The molecule has 1 unspecified atom stereocenters. The molecule has 0 bridgehead atoms. The number of hydrogen-bond donors (Lipinski definition) is 0. The summed E-state index contributed by atoms with van der Waals surface area (Å²) >= 11 is 0. The lowest BCUT2D eigenvalue weighted by molar-refractivity contribution is -0.127. The first-order valence-electron chi connectivity index (χ1n) is 6.79. The average Bonchev–Trinajstić information content (AvgIpc) is 2.16. The minimum Gasteiger partial charge on any atom is -0.299 e. The smallest absolute Gasteiger partial charge is 0.138 e. The molecule has 1 saturated carbocycles. The van der Waals surface area contributed by atoms with Crippen LogP contribution in [0, 0.1) is 11.8 Å². The van der Waals surface area contributed by atoms with Gasteiger partial charge >= 0.3 is 0 Å². The van der Waals surface area contributed by atoms with Gasteiger partial charge in [-0.2, -0.15) is 0 Å². The van der Waals surface area contributed by atoms with Crippen molar-refractivity contribution in [3.05, 3.63) is 0 Å². The minimum absolute atomic E-state index is 0.305. The van der Waals surface area contributed by atoms with Gasteiger partial charge in [-0.05, 0) is 19.3 Å². The summed E-state index contributed by atoms with van der Waals surface area (Å²) in [6.07, 6.45) is 11.1. The molecule has 0 spiro atoms. The Bertz CT molecular complexity index is 178. The van der Waals surface area contributed by atoms with E-state index in [1.165, 1.54) is 32.1 Å². The molecule has 0 aliphatic heterocycles. The van der Waals surface area contributed by atoms with Gasteiger partial charge in [0, 0.05) is 11.8 Å². The molecule has 0 N–H and O–H groups in total. The second kappa shape index (κ2) is 7.03. The van der Waals surface area contributed by atoms with Crippen LogP contribution in [0.1, 0.15) is 71.6 Å². The standard InChI is InChI=1S/C14H26O/c1-3-9-12(2)14(15)13-10-7-5-4-6-8-11-13/h12-13H,3-11H2,1-2H3. The molecule has 88 valence electrons. The second-order valence-corrected chi connectivity index (χ2v) is 5.13. The van der Waals surface area contributed by atoms with E-state index < -0.39 is 0 Å². The van der Waals surface area contributed by atoms with Gasteiger partial charge in [0.15, 0.2) is 0 Å². The summed E-state index contributed by atoms with van der Waals surface area (Å²) in [7, 11) is 0. The van der Waals surface area contributed by atoms with E-state index in [9.17, 15) is 4.79 Å². The molecule has 1 heteroatoms. The van der Waals surface area contributed by atoms with Crippen LogP contribution in [-0.4, -0.2) is 5.78 Å². The van der Waals surface area contributed by atoms with Gasteiger partial charge < -0.3 is 0 Å². The van der Waals surface area contributed by atoms with Crippen LogP contribution in [-0.2, 0) is 4.79 Å². The Morgan fingerprint density at radius 2 is 1.67 bits per heavy atom. The maximum absolute atomic E-state index is 12.2. The molecule has 1 rings (SSSR count). The van der Waals surface area contributed by atoms with E-state index in [1.54, 1.807) is 0 Å². The summed E-state index contributed by atoms with van der Waals surface area (Å²) in [4.78, 5) is 12.2. The lowest BCUT2D eigenvalue weighted by atomic mass is 9.82. The molecule has 0 aromatic heterocycles. The molecule has 0 aromatic carbocycles. The molecular formula is C14H26O. The Morgan fingerprint density at radius 3 is 2.20 bits per heavy atom. The molecule has 0 aromatic rings. The molecule has 1 fully saturated rings. The SMILES string of the molecule is CCCC(C)C(=O)C1CCCCCCC1. The van der Waals surface area contributed by atoms with Crippen molar-refractivity contribution in [2.24, 2.45) is 11.8 Å². The molecule has 0 saturated heterocycles. The predicted molar refractivity (Wildman–Crippen MR) is 64.9 cm³/mol. The molecule has 0 heterocycles. The van der Waals surface area contributed by atoms with Crippen LogP contribution in [0.3, 0.4) is 0 Å². The normalized spacial score (nSPS) is 21.7. The van der Waals surface area contributed by atoms with Crippen molar-refractivity contribution < 1.29 is 4.79 Å². The fourth-order valence-electron chi connectivity index (χ4n) is 2.72. The average molecular weight is 210 g/mol. The summed E-state index contributed by atoms with van der Waals surface area (Å²) in [6.45, 7) is 4.28. The third-order valence-corrected chi connectivity index (χ3v) is 3.71. The summed E-state index contributed by atoms with van der Waals surface area (Å²) in [5, 5.41) is 0.